The largest absolute Gasteiger partial charge is 0.456 e. The first kappa shape index (κ1) is 13.8. The smallest absolute Gasteiger partial charge is 0.336 e. The summed E-state index contributed by atoms with van der Waals surface area (Å²) in [6.45, 7) is 6.08. The van der Waals surface area contributed by atoms with Gasteiger partial charge in [0.25, 0.3) is 0 Å². The van der Waals surface area contributed by atoms with Gasteiger partial charge in [-0.1, -0.05) is 18.2 Å². The van der Waals surface area contributed by atoms with Gasteiger partial charge in [-0.2, -0.15) is 0 Å². The zero-order valence-corrected chi connectivity index (χ0v) is 13.3. The summed E-state index contributed by atoms with van der Waals surface area (Å²) in [6.07, 6.45) is 0. The van der Waals surface area contributed by atoms with E-state index >= 15 is 0 Å². The minimum Gasteiger partial charge on any atom is -0.456 e. The van der Waals surface area contributed by atoms with Gasteiger partial charge in [-0.05, 0) is 50.1 Å². The van der Waals surface area contributed by atoms with Gasteiger partial charge in [0.1, 0.15) is 16.9 Å². The summed E-state index contributed by atoms with van der Waals surface area (Å²) in [5, 5.41) is 1.96. The van der Waals surface area contributed by atoms with Crippen molar-refractivity contribution < 1.29 is 8.83 Å². The van der Waals surface area contributed by atoms with Crippen molar-refractivity contribution in [3.05, 3.63) is 69.6 Å². The second-order valence-corrected chi connectivity index (χ2v) is 5.96. The number of rotatable bonds is 1. The Balaban J connectivity index is 2.13. The van der Waals surface area contributed by atoms with Gasteiger partial charge >= 0.3 is 5.63 Å². The van der Waals surface area contributed by atoms with E-state index in [2.05, 4.69) is 13.0 Å². The van der Waals surface area contributed by atoms with Crippen LogP contribution in [0, 0.1) is 20.8 Å². The number of fused-ring (bicyclic) bond motifs is 2. The van der Waals surface area contributed by atoms with Crippen molar-refractivity contribution in [1.29, 1.82) is 0 Å². The van der Waals surface area contributed by atoms with Crippen LogP contribution in [0.4, 0.5) is 0 Å². The molecule has 0 unspecified atom stereocenters. The van der Waals surface area contributed by atoms with Crippen molar-refractivity contribution in [3.8, 4) is 11.3 Å². The molecule has 0 aliphatic heterocycles. The van der Waals surface area contributed by atoms with Crippen LogP contribution in [0.5, 0.6) is 0 Å². The molecule has 114 valence electrons. The van der Waals surface area contributed by atoms with Crippen LogP contribution >= 0.6 is 0 Å². The molecule has 0 aliphatic rings. The molecule has 3 nitrogen and oxygen atoms in total. The van der Waals surface area contributed by atoms with Crippen molar-refractivity contribution in [1.82, 2.24) is 0 Å². The topological polar surface area (TPSA) is 43.4 Å². The van der Waals surface area contributed by atoms with Gasteiger partial charge in [0, 0.05) is 28.0 Å². The lowest BCUT2D eigenvalue weighted by Crippen LogP contribution is -1.99. The number of hydrogen-bond acceptors (Lipinski definition) is 3. The average Bonchev–Trinajstić information content (AvgIpc) is 2.86. The second-order valence-electron chi connectivity index (χ2n) is 5.96. The third kappa shape index (κ3) is 2.08. The summed E-state index contributed by atoms with van der Waals surface area (Å²) in [7, 11) is 0. The molecule has 0 atom stereocenters. The van der Waals surface area contributed by atoms with E-state index < -0.39 is 0 Å². The Morgan fingerprint density at radius 3 is 2.30 bits per heavy atom. The zero-order chi connectivity index (χ0) is 16.1. The number of furan rings is 1. The monoisotopic (exact) mass is 304 g/mol. The van der Waals surface area contributed by atoms with E-state index in [4.69, 9.17) is 8.83 Å². The highest BCUT2D eigenvalue weighted by Gasteiger charge is 2.17. The number of para-hydroxylation sites is 1. The first-order chi connectivity index (χ1) is 11.0. The lowest BCUT2D eigenvalue weighted by molar-refractivity contribution is 0.559. The molecule has 0 radical (unpaired) electrons. The SMILES string of the molecule is Cc1cc2oc(=O)cc(-c3oc4ccccc4c3C)c2cc1C. The van der Waals surface area contributed by atoms with Crippen molar-refractivity contribution in [2.45, 2.75) is 20.8 Å². The van der Waals surface area contributed by atoms with Gasteiger partial charge in [0.2, 0.25) is 0 Å². The summed E-state index contributed by atoms with van der Waals surface area (Å²) in [5.41, 5.74) is 5.12. The summed E-state index contributed by atoms with van der Waals surface area (Å²) in [5.74, 6) is 0.729. The molecular formula is C20H16O3. The molecule has 0 aliphatic carbocycles. The first-order valence-electron chi connectivity index (χ1n) is 7.58. The molecule has 0 N–H and O–H groups in total. The lowest BCUT2D eigenvalue weighted by Gasteiger charge is -2.07. The average molecular weight is 304 g/mol. The van der Waals surface area contributed by atoms with Crippen LogP contribution in [-0.2, 0) is 0 Å². The second kappa shape index (κ2) is 4.85. The summed E-state index contributed by atoms with van der Waals surface area (Å²) in [6, 6.07) is 13.4. The van der Waals surface area contributed by atoms with Gasteiger partial charge < -0.3 is 8.83 Å². The predicted molar refractivity (Wildman–Crippen MR) is 91.9 cm³/mol. The Morgan fingerprint density at radius 2 is 1.52 bits per heavy atom. The minimum atomic E-state index is -0.365. The van der Waals surface area contributed by atoms with Crippen LogP contribution in [0.25, 0.3) is 33.3 Å². The molecule has 4 aromatic rings. The van der Waals surface area contributed by atoms with Crippen LogP contribution in [0.2, 0.25) is 0 Å². The van der Waals surface area contributed by atoms with E-state index in [0.717, 1.165) is 44.4 Å². The van der Waals surface area contributed by atoms with Crippen LogP contribution in [0.15, 0.2) is 56.1 Å². The van der Waals surface area contributed by atoms with Crippen molar-refractivity contribution >= 4 is 21.9 Å². The molecule has 2 aromatic carbocycles. The standard InChI is InChI=1S/C20H16O3/c1-11-8-15-16(10-19(21)22-18(15)9-12(11)2)20-13(3)14-6-4-5-7-17(14)23-20/h4-10H,1-3H3. The quantitative estimate of drug-likeness (QED) is 0.458. The van der Waals surface area contributed by atoms with Gasteiger partial charge in [-0.15, -0.1) is 0 Å². The molecule has 0 amide bonds. The number of benzene rings is 2. The van der Waals surface area contributed by atoms with E-state index in [-0.39, 0.29) is 5.63 Å². The van der Waals surface area contributed by atoms with E-state index in [9.17, 15) is 4.79 Å². The molecule has 2 heterocycles. The molecule has 23 heavy (non-hydrogen) atoms. The Hall–Kier alpha value is -2.81. The first-order valence-corrected chi connectivity index (χ1v) is 7.58. The Kier molecular flexibility index (Phi) is 2.91. The predicted octanol–water partition coefficient (Wildman–Crippen LogP) is 5.13. The van der Waals surface area contributed by atoms with Crippen LogP contribution in [0.3, 0.4) is 0 Å². The molecule has 3 heteroatoms. The third-order valence-electron chi connectivity index (χ3n) is 4.45. The molecule has 0 spiro atoms. The van der Waals surface area contributed by atoms with Crippen LogP contribution < -0.4 is 5.63 Å². The molecule has 0 saturated heterocycles. The maximum absolute atomic E-state index is 12.0. The zero-order valence-electron chi connectivity index (χ0n) is 13.3. The van der Waals surface area contributed by atoms with Gasteiger partial charge in [-0.3, -0.25) is 0 Å². The highest BCUT2D eigenvalue weighted by molar-refractivity contribution is 5.97. The molecule has 0 bridgehead atoms. The maximum Gasteiger partial charge on any atom is 0.336 e. The Labute approximate surface area is 133 Å². The van der Waals surface area contributed by atoms with Gasteiger partial charge in [0.15, 0.2) is 0 Å². The number of hydrogen-bond donors (Lipinski definition) is 0. The van der Waals surface area contributed by atoms with Crippen LogP contribution in [-0.4, -0.2) is 0 Å². The van der Waals surface area contributed by atoms with Gasteiger partial charge in [0.05, 0.1) is 0 Å². The normalized spacial score (nSPS) is 11.4. The lowest BCUT2D eigenvalue weighted by atomic mass is 10.0. The highest BCUT2D eigenvalue weighted by atomic mass is 16.4. The molecule has 0 fully saturated rings. The van der Waals surface area contributed by atoms with E-state index in [1.807, 2.05) is 44.2 Å². The summed E-state index contributed by atoms with van der Waals surface area (Å²) < 4.78 is 11.4. The summed E-state index contributed by atoms with van der Waals surface area (Å²) in [4.78, 5) is 12.0. The molecule has 0 saturated carbocycles. The van der Waals surface area contributed by atoms with Gasteiger partial charge in [-0.25, -0.2) is 4.79 Å². The van der Waals surface area contributed by atoms with Crippen molar-refractivity contribution in [3.63, 3.8) is 0 Å². The fraction of sp³-hybridized carbons (Fsp3) is 0.150. The van der Waals surface area contributed by atoms with Crippen LogP contribution in [0.1, 0.15) is 16.7 Å². The highest BCUT2D eigenvalue weighted by Crippen LogP contribution is 2.36. The fourth-order valence-corrected chi connectivity index (χ4v) is 3.04. The Bertz CT molecular complexity index is 1110. The fourth-order valence-electron chi connectivity index (χ4n) is 3.04. The maximum atomic E-state index is 12.0. The van der Waals surface area contributed by atoms with Crippen molar-refractivity contribution in [2.24, 2.45) is 0 Å². The third-order valence-corrected chi connectivity index (χ3v) is 4.45. The van der Waals surface area contributed by atoms with E-state index in [0.29, 0.717) is 5.58 Å². The van der Waals surface area contributed by atoms with Crippen molar-refractivity contribution in [2.75, 3.05) is 0 Å². The summed E-state index contributed by atoms with van der Waals surface area (Å²) >= 11 is 0. The molecular weight excluding hydrogens is 288 g/mol. The Morgan fingerprint density at radius 1 is 0.783 bits per heavy atom. The minimum absolute atomic E-state index is 0.365. The molecule has 4 rings (SSSR count). The van der Waals surface area contributed by atoms with E-state index in [1.165, 1.54) is 6.07 Å². The van der Waals surface area contributed by atoms with E-state index in [1.54, 1.807) is 0 Å². The molecule has 2 aromatic heterocycles. The number of aryl methyl sites for hydroxylation is 3.